The second-order valence-electron chi connectivity index (χ2n) is 6.99. The summed E-state index contributed by atoms with van der Waals surface area (Å²) in [6, 6.07) is 4.58. The molecule has 1 unspecified atom stereocenters. The van der Waals surface area contributed by atoms with Crippen molar-refractivity contribution < 1.29 is 0 Å². The third kappa shape index (κ3) is 4.19. The molecule has 0 radical (unpaired) electrons. The van der Waals surface area contributed by atoms with Gasteiger partial charge < -0.3 is 5.73 Å². The van der Waals surface area contributed by atoms with E-state index < -0.39 is 0 Å². The summed E-state index contributed by atoms with van der Waals surface area (Å²) < 4.78 is 0. The molecule has 1 aliphatic rings. The quantitative estimate of drug-likeness (QED) is 0.923. The molecule has 1 aromatic rings. The van der Waals surface area contributed by atoms with Crippen LogP contribution in [-0.2, 0) is 12.0 Å². The molecule has 1 aliphatic heterocycles. The number of hydrogen-bond donors (Lipinski definition) is 1. The molecule has 2 heterocycles. The van der Waals surface area contributed by atoms with E-state index in [1.807, 2.05) is 11.3 Å². The number of hydrogen-bond acceptors (Lipinski definition) is 3. The molecule has 0 saturated carbocycles. The van der Waals surface area contributed by atoms with Crippen molar-refractivity contribution in [1.29, 1.82) is 0 Å². The van der Waals surface area contributed by atoms with Crippen molar-refractivity contribution in [3.05, 3.63) is 21.9 Å². The number of rotatable bonds is 3. The van der Waals surface area contributed by atoms with E-state index in [0.29, 0.717) is 5.41 Å². The van der Waals surface area contributed by atoms with E-state index in [0.717, 1.165) is 19.6 Å². The van der Waals surface area contributed by atoms with Gasteiger partial charge in [-0.2, -0.15) is 0 Å². The minimum atomic E-state index is 0. The molecular weight excluding hydrogens is 276 g/mol. The Morgan fingerprint density at radius 3 is 2.53 bits per heavy atom. The summed E-state index contributed by atoms with van der Waals surface area (Å²) in [6.45, 7) is 13.4. The maximum Gasteiger partial charge on any atom is 0.0328 e. The molecule has 0 aromatic carbocycles. The molecule has 110 valence electrons. The van der Waals surface area contributed by atoms with Crippen LogP contribution in [0.15, 0.2) is 12.1 Å². The molecule has 0 amide bonds. The monoisotopic (exact) mass is 302 g/mol. The highest BCUT2D eigenvalue weighted by Crippen LogP contribution is 2.33. The van der Waals surface area contributed by atoms with Crippen LogP contribution in [0.2, 0.25) is 0 Å². The molecular formula is C15H27ClN2S. The van der Waals surface area contributed by atoms with Gasteiger partial charge in [0.1, 0.15) is 0 Å². The van der Waals surface area contributed by atoms with Gasteiger partial charge in [0.2, 0.25) is 0 Å². The van der Waals surface area contributed by atoms with Gasteiger partial charge in [0, 0.05) is 22.8 Å². The maximum absolute atomic E-state index is 5.86. The van der Waals surface area contributed by atoms with Gasteiger partial charge in [0.05, 0.1) is 0 Å². The van der Waals surface area contributed by atoms with Crippen molar-refractivity contribution in [2.24, 2.45) is 11.1 Å². The van der Waals surface area contributed by atoms with Crippen molar-refractivity contribution in [2.75, 3.05) is 19.6 Å². The van der Waals surface area contributed by atoms with Crippen LogP contribution in [0, 0.1) is 5.41 Å². The average molecular weight is 303 g/mol. The summed E-state index contributed by atoms with van der Waals surface area (Å²) in [6.07, 6.45) is 1.24. The Bertz CT molecular complexity index is 411. The SMILES string of the molecule is CC1(CN)CCN(Cc2ccc(C(C)(C)C)s2)C1.Cl. The highest BCUT2D eigenvalue weighted by molar-refractivity contribution is 7.12. The lowest BCUT2D eigenvalue weighted by Crippen LogP contribution is -2.30. The van der Waals surface area contributed by atoms with Gasteiger partial charge in [-0.25, -0.2) is 0 Å². The smallest absolute Gasteiger partial charge is 0.0328 e. The third-order valence-electron chi connectivity index (χ3n) is 3.91. The summed E-state index contributed by atoms with van der Waals surface area (Å²) in [4.78, 5) is 5.52. The van der Waals surface area contributed by atoms with Crippen LogP contribution in [0.1, 0.15) is 43.9 Å². The predicted molar refractivity (Wildman–Crippen MR) is 87.3 cm³/mol. The van der Waals surface area contributed by atoms with Crippen LogP contribution in [0.3, 0.4) is 0 Å². The molecule has 2 nitrogen and oxygen atoms in total. The summed E-state index contributed by atoms with van der Waals surface area (Å²) in [5.74, 6) is 0. The van der Waals surface area contributed by atoms with E-state index >= 15 is 0 Å². The molecule has 0 aliphatic carbocycles. The van der Waals surface area contributed by atoms with Crippen molar-refractivity contribution >= 4 is 23.7 Å². The van der Waals surface area contributed by atoms with Gasteiger partial charge in [-0.05, 0) is 42.5 Å². The molecule has 19 heavy (non-hydrogen) atoms. The molecule has 2 rings (SSSR count). The Hall–Kier alpha value is -0.0900. The zero-order chi connectivity index (χ0) is 13.4. The number of thiophene rings is 1. The number of nitrogens with zero attached hydrogens (tertiary/aromatic N) is 1. The summed E-state index contributed by atoms with van der Waals surface area (Å²) in [7, 11) is 0. The van der Waals surface area contributed by atoms with E-state index in [9.17, 15) is 0 Å². The normalized spacial score (nSPS) is 24.5. The van der Waals surface area contributed by atoms with Crippen LogP contribution in [0.5, 0.6) is 0 Å². The van der Waals surface area contributed by atoms with Gasteiger partial charge in [0.25, 0.3) is 0 Å². The van der Waals surface area contributed by atoms with E-state index in [1.54, 1.807) is 0 Å². The molecule has 1 aromatic heterocycles. The number of likely N-dealkylation sites (tertiary alicyclic amines) is 1. The standard InChI is InChI=1S/C15H26N2S.ClH/c1-14(2,3)13-6-5-12(18-13)9-17-8-7-15(4,10-16)11-17;/h5-6H,7-11,16H2,1-4H3;1H. The number of halogens is 1. The lowest BCUT2D eigenvalue weighted by molar-refractivity contribution is 0.276. The molecule has 0 spiro atoms. The van der Waals surface area contributed by atoms with Crippen molar-refractivity contribution in [3.63, 3.8) is 0 Å². The first kappa shape index (κ1) is 17.0. The van der Waals surface area contributed by atoms with Crippen LogP contribution in [0.4, 0.5) is 0 Å². The van der Waals surface area contributed by atoms with E-state index in [4.69, 9.17) is 5.73 Å². The van der Waals surface area contributed by atoms with Gasteiger partial charge in [-0.15, -0.1) is 23.7 Å². The number of nitrogens with two attached hydrogens (primary N) is 1. The first-order chi connectivity index (χ1) is 8.32. The van der Waals surface area contributed by atoms with Crippen LogP contribution in [-0.4, -0.2) is 24.5 Å². The average Bonchev–Trinajstić information content (AvgIpc) is 2.86. The summed E-state index contributed by atoms with van der Waals surface area (Å²) in [5.41, 5.74) is 6.48. The van der Waals surface area contributed by atoms with Gasteiger partial charge in [-0.1, -0.05) is 27.7 Å². The Balaban J connectivity index is 0.00000180. The summed E-state index contributed by atoms with van der Waals surface area (Å²) in [5, 5.41) is 0. The third-order valence-corrected chi connectivity index (χ3v) is 5.41. The highest BCUT2D eigenvalue weighted by Gasteiger charge is 2.32. The molecule has 0 bridgehead atoms. The second-order valence-corrected chi connectivity index (χ2v) is 8.16. The van der Waals surface area contributed by atoms with Crippen LogP contribution < -0.4 is 5.73 Å². The Labute approximate surface area is 127 Å². The van der Waals surface area contributed by atoms with Crippen molar-refractivity contribution in [2.45, 2.75) is 46.1 Å². The second kappa shape index (κ2) is 6.13. The van der Waals surface area contributed by atoms with Crippen LogP contribution >= 0.6 is 23.7 Å². The van der Waals surface area contributed by atoms with Gasteiger partial charge in [0.15, 0.2) is 0 Å². The van der Waals surface area contributed by atoms with Gasteiger partial charge >= 0.3 is 0 Å². The fraction of sp³-hybridized carbons (Fsp3) is 0.733. The molecule has 4 heteroatoms. The van der Waals surface area contributed by atoms with Crippen molar-refractivity contribution in [3.8, 4) is 0 Å². The minimum absolute atomic E-state index is 0. The zero-order valence-electron chi connectivity index (χ0n) is 12.5. The predicted octanol–water partition coefficient (Wildman–Crippen LogP) is 3.64. The fourth-order valence-corrected chi connectivity index (χ4v) is 3.62. The first-order valence-corrected chi connectivity index (χ1v) is 7.66. The lowest BCUT2D eigenvalue weighted by atomic mass is 9.90. The van der Waals surface area contributed by atoms with E-state index in [-0.39, 0.29) is 17.8 Å². The zero-order valence-corrected chi connectivity index (χ0v) is 14.2. The molecule has 2 N–H and O–H groups in total. The molecule has 1 atom stereocenters. The Morgan fingerprint density at radius 1 is 1.37 bits per heavy atom. The topological polar surface area (TPSA) is 29.3 Å². The molecule has 1 saturated heterocycles. The van der Waals surface area contributed by atoms with Crippen molar-refractivity contribution in [1.82, 2.24) is 4.90 Å². The van der Waals surface area contributed by atoms with Crippen LogP contribution in [0.25, 0.3) is 0 Å². The van der Waals surface area contributed by atoms with E-state index in [1.165, 1.54) is 22.7 Å². The maximum atomic E-state index is 5.86. The Morgan fingerprint density at radius 2 is 2.05 bits per heavy atom. The highest BCUT2D eigenvalue weighted by atomic mass is 35.5. The summed E-state index contributed by atoms with van der Waals surface area (Å²) >= 11 is 1.96. The largest absolute Gasteiger partial charge is 0.330 e. The van der Waals surface area contributed by atoms with E-state index in [2.05, 4.69) is 44.7 Å². The van der Waals surface area contributed by atoms with Gasteiger partial charge in [-0.3, -0.25) is 4.90 Å². The minimum Gasteiger partial charge on any atom is -0.330 e. The Kier molecular flexibility index (Phi) is 5.47. The fourth-order valence-electron chi connectivity index (χ4n) is 2.51. The first-order valence-electron chi connectivity index (χ1n) is 6.84. The molecule has 1 fully saturated rings. The lowest BCUT2D eigenvalue weighted by Gasteiger charge is -2.22.